The summed E-state index contributed by atoms with van der Waals surface area (Å²) < 4.78 is 1.56. The number of hydrogen-bond donors (Lipinski definition) is 0. The first-order valence-corrected chi connectivity index (χ1v) is 2.83. The standard InChI is InChI=1S/C6H4N4/c1-2-4-8-10-5-7-9-6(10)3-1/h1-3,5H. The first-order chi connectivity index (χ1) is 4.97. The highest BCUT2D eigenvalue weighted by Gasteiger charge is 1.96. The molecule has 1 aliphatic heterocycles. The summed E-state index contributed by atoms with van der Waals surface area (Å²) in [6.45, 7) is 0. The van der Waals surface area contributed by atoms with Gasteiger partial charge >= 0.3 is 0 Å². The van der Waals surface area contributed by atoms with Gasteiger partial charge in [0.25, 0.3) is 0 Å². The van der Waals surface area contributed by atoms with E-state index in [4.69, 9.17) is 0 Å². The van der Waals surface area contributed by atoms with Crippen molar-refractivity contribution in [1.29, 1.82) is 0 Å². The molecular formula is C6H4N4. The zero-order valence-corrected chi connectivity index (χ0v) is 5.10. The van der Waals surface area contributed by atoms with Crippen LogP contribution in [0.1, 0.15) is 5.82 Å². The van der Waals surface area contributed by atoms with E-state index in [1.54, 1.807) is 10.8 Å². The maximum absolute atomic E-state index is 3.87. The molecule has 0 radical (unpaired) electrons. The van der Waals surface area contributed by atoms with Crippen LogP contribution in [0.25, 0.3) is 6.08 Å². The van der Waals surface area contributed by atoms with E-state index < -0.39 is 0 Å². The lowest BCUT2D eigenvalue weighted by atomic mass is 10.5. The maximum atomic E-state index is 3.87. The SMILES string of the molecule is C1=CC=Cc2nncn2N=1. The predicted octanol–water partition coefficient (Wildman–Crippen LogP) is 0.294. The fourth-order valence-electron chi connectivity index (χ4n) is 0.698. The van der Waals surface area contributed by atoms with Gasteiger partial charge in [0.1, 0.15) is 6.33 Å². The average Bonchev–Trinajstić information content (AvgIpc) is 2.28. The minimum absolute atomic E-state index is 0.723. The predicted molar refractivity (Wildman–Crippen MR) is 36.5 cm³/mol. The summed E-state index contributed by atoms with van der Waals surface area (Å²) in [5.74, 6) is 3.41. The summed E-state index contributed by atoms with van der Waals surface area (Å²) in [5, 5.41) is 11.3. The van der Waals surface area contributed by atoms with E-state index in [9.17, 15) is 0 Å². The molecule has 4 nitrogen and oxygen atoms in total. The average molecular weight is 132 g/mol. The van der Waals surface area contributed by atoms with E-state index in [0.29, 0.717) is 0 Å². The van der Waals surface area contributed by atoms with Crippen LogP contribution in [0, 0.1) is 0 Å². The van der Waals surface area contributed by atoms with E-state index >= 15 is 0 Å². The molecule has 0 amide bonds. The van der Waals surface area contributed by atoms with Gasteiger partial charge in [0.05, 0.1) is 0 Å². The smallest absolute Gasteiger partial charge is 0.178 e. The van der Waals surface area contributed by atoms with Crippen LogP contribution in [-0.2, 0) is 0 Å². The van der Waals surface area contributed by atoms with Crippen molar-refractivity contribution >= 4 is 11.9 Å². The molecule has 1 aromatic rings. The Morgan fingerprint density at radius 2 is 2.50 bits per heavy atom. The molecule has 4 heteroatoms. The van der Waals surface area contributed by atoms with Crippen molar-refractivity contribution in [2.24, 2.45) is 5.10 Å². The Balaban J connectivity index is 2.68. The zero-order valence-electron chi connectivity index (χ0n) is 5.10. The van der Waals surface area contributed by atoms with E-state index in [0.717, 1.165) is 5.82 Å². The second-order valence-corrected chi connectivity index (χ2v) is 1.79. The largest absolute Gasteiger partial charge is 0.192 e. The molecule has 0 spiro atoms. The lowest BCUT2D eigenvalue weighted by Gasteiger charge is -1.86. The van der Waals surface area contributed by atoms with Crippen LogP contribution in [0.4, 0.5) is 0 Å². The van der Waals surface area contributed by atoms with Gasteiger partial charge in [-0.25, -0.2) is 0 Å². The van der Waals surface area contributed by atoms with Crippen molar-refractivity contribution in [3.8, 4) is 0 Å². The number of aromatic nitrogens is 3. The van der Waals surface area contributed by atoms with Crippen molar-refractivity contribution in [3.63, 3.8) is 0 Å². The molecule has 0 N–H and O–H groups in total. The molecule has 0 aliphatic carbocycles. The summed E-state index contributed by atoms with van der Waals surface area (Å²) in [5.41, 5.74) is 0. The van der Waals surface area contributed by atoms with Gasteiger partial charge < -0.3 is 0 Å². The third-order valence-electron chi connectivity index (χ3n) is 1.14. The minimum Gasteiger partial charge on any atom is -0.192 e. The zero-order chi connectivity index (χ0) is 6.81. The fraction of sp³-hybridized carbons (Fsp3) is 0. The number of rotatable bonds is 0. The first-order valence-electron chi connectivity index (χ1n) is 2.83. The molecular weight excluding hydrogens is 128 g/mol. The quantitative estimate of drug-likeness (QED) is 0.509. The second kappa shape index (κ2) is 1.93. The van der Waals surface area contributed by atoms with Crippen molar-refractivity contribution in [2.75, 3.05) is 0 Å². The molecule has 0 aromatic carbocycles. The van der Waals surface area contributed by atoms with Crippen molar-refractivity contribution < 1.29 is 0 Å². The third-order valence-corrected chi connectivity index (χ3v) is 1.14. The Hall–Kier alpha value is -1.67. The van der Waals surface area contributed by atoms with Gasteiger partial charge in [0, 0.05) is 11.9 Å². The van der Waals surface area contributed by atoms with Gasteiger partial charge in [0.15, 0.2) is 5.82 Å². The van der Waals surface area contributed by atoms with Crippen LogP contribution in [0.2, 0.25) is 0 Å². The van der Waals surface area contributed by atoms with Crippen molar-refractivity contribution in [1.82, 2.24) is 14.9 Å². The molecule has 0 saturated heterocycles. The normalized spacial score (nSPS) is 13.2. The Bertz CT molecular complexity index is 327. The Morgan fingerprint density at radius 1 is 1.50 bits per heavy atom. The Morgan fingerprint density at radius 3 is 3.50 bits per heavy atom. The Labute approximate surface area is 57.2 Å². The lowest BCUT2D eigenvalue weighted by molar-refractivity contribution is 0.869. The minimum atomic E-state index is 0.723. The van der Waals surface area contributed by atoms with Gasteiger partial charge in [-0.2, -0.15) is 4.68 Å². The van der Waals surface area contributed by atoms with E-state index in [-0.39, 0.29) is 0 Å². The van der Waals surface area contributed by atoms with Gasteiger partial charge in [0.2, 0.25) is 0 Å². The summed E-state index contributed by atoms with van der Waals surface area (Å²) in [7, 11) is 0. The molecule has 2 heterocycles. The summed E-state index contributed by atoms with van der Waals surface area (Å²) in [6, 6.07) is 0. The monoisotopic (exact) mass is 132 g/mol. The summed E-state index contributed by atoms with van der Waals surface area (Å²) in [6.07, 6.45) is 6.88. The number of hydrogen-bond acceptors (Lipinski definition) is 3. The summed E-state index contributed by atoms with van der Waals surface area (Å²) >= 11 is 0. The highest BCUT2D eigenvalue weighted by molar-refractivity contribution is 5.60. The van der Waals surface area contributed by atoms with Gasteiger partial charge in [-0.1, -0.05) is 0 Å². The van der Waals surface area contributed by atoms with Gasteiger partial charge in [-0.05, 0) is 12.2 Å². The van der Waals surface area contributed by atoms with Gasteiger partial charge in [-0.15, -0.1) is 15.3 Å². The molecule has 0 bridgehead atoms. The van der Waals surface area contributed by atoms with Crippen LogP contribution < -0.4 is 0 Å². The molecule has 0 fully saturated rings. The number of allylic oxidation sites excluding steroid dienone is 2. The molecule has 1 aliphatic rings. The lowest BCUT2D eigenvalue weighted by Crippen LogP contribution is -1.87. The molecule has 1 aromatic heterocycles. The van der Waals surface area contributed by atoms with Crippen LogP contribution in [0.3, 0.4) is 0 Å². The van der Waals surface area contributed by atoms with E-state index in [1.165, 1.54) is 6.33 Å². The molecule has 2 rings (SSSR count). The van der Waals surface area contributed by atoms with Crippen LogP contribution in [0.5, 0.6) is 0 Å². The Kier molecular flexibility index (Phi) is 0.993. The number of fused-ring (bicyclic) bond motifs is 1. The second-order valence-electron chi connectivity index (χ2n) is 1.79. The number of nitrogens with zero attached hydrogens (tertiary/aromatic N) is 4. The molecule has 0 unspecified atom stereocenters. The van der Waals surface area contributed by atoms with Crippen LogP contribution >= 0.6 is 0 Å². The fourth-order valence-corrected chi connectivity index (χ4v) is 0.698. The molecule has 0 saturated carbocycles. The summed E-state index contributed by atoms with van der Waals surface area (Å²) in [4.78, 5) is 0. The van der Waals surface area contributed by atoms with Crippen LogP contribution in [0.15, 0.2) is 23.6 Å². The molecule has 0 atom stereocenters. The molecule has 48 valence electrons. The molecule has 10 heavy (non-hydrogen) atoms. The van der Waals surface area contributed by atoms with Crippen molar-refractivity contribution in [2.45, 2.75) is 0 Å². The topological polar surface area (TPSA) is 43.1 Å². The highest BCUT2D eigenvalue weighted by atomic mass is 15.4. The maximum Gasteiger partial charge on any atom is 0.178 e. The van der Waals surface area contributed by atoms with Crippen LogP contribution in [-0.4, -0.2) is 20.7 Å². The van der Waals surface area contributed by atoms with Gasteiger partial charge in [-0.3, -0.25) is 0 Å². The van der Waals surface area contributed by atoms with E-state index in [1.807, 2.05) is 12.2 Å². The van der Waals surface area contributed by atoms with Crippen molar-refractivity contribution in [3.05, 3.63) is 24.3 Å². The first kappa shape index (κ1) is 5.14. The van der Waals surface area contributed by atoms with E-state index in [2.05, 4.69) is 21.2 Å². The highest BCUT2D eigenvalue weighted by Crippen LogP contribution is 1.98. The third kappa shape index (κ3) is 0.674.